The van der Waals surface area contributed by atoms with Crippen LogP contribution in [0, 0.1) is 22.7 Å². The molecule has 0 aromatic carbocycles. The average molecular weight is 216 g/mol. The van der Waals surface area contributed by atoms with Crippen molar-refractivity contribution in [2.24, 2.45) is 11.3 Å². The second-order valence-electron chi connectivity index (χ2n) is 3.46. The van der Waals surface area contributed by atoms with Crippen molar-refractivity contribution in [3.8, 4) is 6.07 Å². The van der Waals surface area contributed by atoms with Crippen LogP contribution in [0.5, 0.6) is 0 Å². The lowest BCUT2D eigenvalue weighted by atomic mass is 9.73. The Morgan fingerprint density at radius 2 is 2.40 bits per heavy atom. The van der Waals surface area contributed by atoms with Gasteiger partial charge in [-0.3, -0.25) is 4.79 Å². The van der Waals surface area contributed by atoms with E-state index in [4.69, 9.17) is 11.6 Å². The van der Waals surface area contributed by atoms with E-state index in [1.807, 2.05) is 6.92 Å². The maximum atomic E-state index is 12.2. The van der Waals surface area contributed by atoms with Gasteiger partial charge in [0.05, 0.1) is 12.7 Å². The van der Waals surface area contributed by atoms with Gasteiger partial charge >= 0.3 is 5.97 Å². The molecule has 0 heterocycles. The Labute approximate surface area is 99.4 Å². The summed E-state index contributed by atoms with van der Waals surface area (Å²) in [5.41, 5.74) is -2.34. The first kappa shape index (κ1) is 7.27. The van der Waals surface area contributed by atoms with Crippen molar-refractivity contribution in [1.29, 1.82) is 5.26 Å². The lowest BCUT2D eigenvalue weighted by Crippen LogP contribution is -2.37. The quantitative estimate of drug-likeness (QED) is 0.641. The van der Waals surface area contributed by atoms with Crippen LogP contribution in [0.15, 0.2) is 0 Å². The van der Waals surface area contributed by atoms with Crippen LogP contribution in [-0.2, 0) is 9.53 Å². The molecule has 0 aliphatic carbocycles. The fraction of sp³-hybridized carbons (Fsp3) is 0.833. The Morgan fingerprint density at radius 1 is 1.73 bits per heavy atom. The molecular weight excluding hydrogens is 190 g/mol. The molecule has 0 spiro atoms. The third kappa shape index (κ3) is 2.95. The first-order valence-electron chi connectivity index (χ1n) is 7.61. The molecule has 0 amide bonds. The molecule has 3 nitrogen and oxygen atoms in total. The summed E-state index contributed by atoms with van der Waals surface area (Å²) in [6, 6.07) is 1.62. The standard InChI is InChI=1S/C12H21NO2/c1-5-8-10(4)12(6-2,9-13)11(14)15-7-3/h10H,5-8H2,1-4H3/i2D3,6D2. The average Bonchev–Trinajstić information content (AvgIpc) is 2.29. The van der Waals surface area contributed by atoms with Crippen molar-refractivity contribution in [2.45, 2.75) is 46.8 Å². The van der Waals surface area contributed by atoms with E-state index in [1.165, 1.54) is 13.8 Å². The molecule has 0 saturated carbocycles. The summed E-state index contributed by atoms with van der Waals surface area (Å²) < 4.78 is 42.6. The normalized spacial score (nSPS) is 22.9. The summed E-state index contributed by atoms with van der Waals surface area (Å²) in [6.07, 6.45) is -2.04. The maximum absolute atomic E-state index is 12.2. The van der Waals surface area contributed by atoms with E-state index in [9.17, 15) is 10.1 Å². The van der Waals surface area contributed by atoms with Gasteiger partial charge in [0.2, 0.25) is 0 Å². The van der Waals surface area contributed by atoms with Crippen LogP contribution in [0.3, 0.4) is 0 Å². The second kappa shape index (κ2) is 6.44. The first-order valence-corrected chi connectivity index (χ1v) is 5.11. The third-order valence-corrected chi connectivity index (χ3v) is 2.43. The second-order valence-corrected chi connectivity index (χ2v) is 3.46. The topological polar surface area (TPSA) is 50.1 Å². The fourth-order valence-electron chi connectivity index (χ4n) is 1.45. The van der Waals surface area contributed by atoms with Gasteiger partial charge in [-0.2, -0.15) is 5.26 Å². The van der Waals surface area contributed by atoms with Crippen molar-refractivity contribution in [3.05, 3.63) is 0 Å². The SMILES string of the molecule is [2H]C([2H])([2H])C([2H])([2H])C(C#N)(C(=O)OCC)C(C)CCC. The van der Waals surface area contributed by atoms with Gasteiger partial charge in [0.15, 0.2) is 5.41 Å². The predicted octanol–water partition coefficient (Wildman–Crippen LogP) is 2.91. The number of ether oxygens (including phenoxy) is 1. The number of esters is 1. The Bertz CT molecular complexity index is 388. The van der Waals surface area contributed by atoms with Crippen LogP contribution in [0.1, 0.15) is 53.7 Å². The summed E-state index contributed by atoms with van der Waals surface area (Å²) in [6.45, 7) is 1.70. The van der Waals surface area contributed by atoms with Gasteiger partial charge in [0, 0.05) is 6.85 Å². The molecule has 0 saturated heterocycles. The van der Waals surface area contributed by atoms with E-state index < -0.39 is 30.5 Å². The van der Waals surface area contributed by atoms with E-state index in [0.717, 1.165) is 0 Å². The summed E-state index contributed by atoms with van der Waals surface area (Å²) in [7, 11) is 0. The molecule has 0 aromatic heterocycles. The molecular formula is C12H21NO2. The highest BCUT2D eigenvalue weighted by molar-refractivity contribution is 5.80. The molecule has 86 valence electrons. The number of hydrogen-bond donors (Lipinski definition) is 0. The van der Waals surface area contributed by atoms with E-state index >= 15 is 0 Å². The van der Waals surface area contributed by atoms with Gasteiger partial charge in [-0.15, -0.1) is 0 Å². The van der Waals surface area contributed by atoms with E-state index in [1.54, 1.807) is 6.07 Å². The van der Waals surface area contributed by atoms with Crippen molar-refractivity contribution < 1.29 is 16.4 Å². The molecule has 3 heteroatoms. The molecule has 15 heavy (non-hydrogen) atoms. The van der Waals surface area contributed by atoms with Crippen LogP contribution in [0.2, 0.25) is 0 Å². The van der Waals surface area contributed by atoms with Crippen molar-refractivity contribution in [1.82, 2.24) is 0 Å². The van der Waals surface area contributed by atoms with Crippen LogP contribution in [-0.4, -0.2) is 12.6 Å². The molecule has 2 atom stereocenters. The molecule has 0 fully saturated rings. The largest absolute Gasteiger partial charge is 0.465 e. The lowest BCUT2D eigenvalue weighted by Gasteiger charge is -2.29. The summed E-state index contributed by atoms with van der Waals surface area (Å²) in [5, 5.41) is 9.43. The van der Waals surface area contributed by atoms with Crippen LogP contribution in [0.4, 0.5) is 0 Å². The van der Waals surface area contributed by atoms with Crippen LogP contribution < -0.4 is 0 Å². The van der Waals surface area contributed by atoms with Gasteiger partial charge < -0.3 is 4.74 Å². The minimum atomic E-state index is -3.10. The smallest absolute Gasteiger partial charge is 0.326 e. The highest BCUT2D eigenvalue weighted by Gasteiger charge is 2.43. The van der Waals surface area contributed by atoms with Crippen LogP contribution >= 0.6 is 0 Å². The molecule has 0 rings (SSSR count). The number of carbonyl (C=O) groups is 1. The summed E-state index contributed by atoms with van der Waals surface area (Å²) in [4.78, 5) is 12.2. The minimum absolute atomic E-state index is 0.0435. The molecule has 0 radical (unpaired) electrons. The van der Waals surface area contributed by atoms with Gasteiger partial charge in [-0.05, 0) is 25.6 Å². The third-order valence-electron chi connectivity index (χ3n) is 2.43. The number of carbonyl (C=O) groups excluding carboxylic acids is 1. The molecule has 2 unspecified atom stereocenters. The molecule has 0 aliphatic rings. The van der Waals surface area contributed by atoms with E-state index in [2.05, 4.69) is 0 Å². The first-order chi connectivity index (χ1) is 9.02. The van der Waals surface area contributed by atoms with E-state index in [0.29, 0.717) is 12.8 Å². The number of rotatable bonds is 6. The Hall–Kier alpha value is -1.04. The maximum Gasteiger partial charge on any atom is 0.326 e. The summed E-state index contributed by atoms with van der Waals surface area (Å²) >= 11 is 0. The van der Waals surface area contributed by atoms with Gasteiger partial charge in [0.25, 0.3) is 0 Å². The number of nitrogens with zero attached hydrogens (tertiary/aromatic N) is 1. The zero-order valence-electron chi connectivity index (χ0n) is 14.5. The van der Waals surface area contributed by atoms with Gasteiger partial charge in [-0.25, -0.2) is 0 Å². The molecule has 0 aromatic rings. The fourth-order valence-corrected chi connectivity index (χ4v) is 1.45. The minimum Gasteiger partial charge on any atom is -0.465 e. The van der Waals surface area contributed by atoms with Gasteiger partial charge in [-0.1, -0.05) is 27.1 Å². The van der Waals surface area contributed by atoms with Crippen LogP contribution in [0.25, 0.3) is 0 Å². The molecule has 0 N–H and O–H groups in total. The van der Waals surface area contributed by atoms with Crippen molar-refractivity contribution in [2.75, 3.05) is 6.61 Å². The van der Waals surface area contributed by atoms with Gasteiger partial charge in [0.1, 0.15) is 0 Å². The number of nitriles is 1. The predicted molar refractivity (Wildman–Crippen MR) is 59.0 cm³/mol. The highest BCUT2D eigenvalue weighted by Crippen LogP contribution is 2.35. The molecule has 0 bridgehead atoms. The zero-order valence-corrected chi connectivity index (χ0v) is 9.46. The monoisotopic (exact) mass is 216 g/mol. The number of hydrogen-bond acceptors (Lipinski definition) is 3. The lowest BCUT2D eigenvalue weighted by molar-refractivity contribution is -0.155. The zero-order chi connectivity index (χ0) is 16.2. The Kier molecular flexibility index (Phi) is 3.12. The van der Waals surface area contributed by atoms with Crippen molar-refractivity contribution in [3.63, 3.8) is 0 Å². The Balaban J connectivity index is 6.05. The van der Waals surface area contributed by atoms with Crippen molar-refractivity contribution >= 4 is 5.97 Å². The summed E-state index contributed by atoms with van der Waals surface area (Å²) in [5.74, 6) is -1.88. The highest BCUT2D eigenvalue weighted by atomic mass is 16.5. The molecule has 0 aliphatic heterocycles. The van der Waals surface area contributed by atoms with E-state index in [-0.39, 0.29) is 6.61 Å². The Morgan fingerprint density at radius 3 is 2.80 bits per heavy atom.